The second-order valence-corrected chi connectivity index (χ2v) is 4.42. The van der Waals surface area contributed by atoms with Crippen LogP contribution in [0.1, 0.15) is 5.56 Å². The van der Waals surface area contributed by atoms with Gasteiger partial charge in [-0.15, -0.1) is 0 Å². The van der Waals surface area contributed by atoms with Crippen molar-refractivity contribution in [2.24, 2.45) is 0 Å². The molecule has 1 aromatic rings. The zero-order chi connectivity index (χ0) is 12.8. The molecule has 0 aromatic heterocycles. The number of allylic oxidation sites excluding steroid dienone is 1. The van der Waals surface area contributed by atoms with Crippen molar-refractivity contribution in [1.82, 2.24) is 0 Å². The van der Waals surface area contributed by atoms with Gasteiger partial charge in [0, 0.05) is 9.77 Å². The summed E-state index contributed by atoms with van der Waals surface area (Å²) in [6, 6.07) is 8.60. The first-order valence-electron chi connectivity index (χ1n) is 4.28. The van der Waals surface area contributed by atoms with Crippen LogP contribution in [0.15, 0.2) is 23.9 Å². The van der Waals surface area contributed by atoms with E-state index in [4.69, 9.17) is 27.4 Å². The summed E-state index contributed by atoms with van der Waals surface area (Å²) in [5.41, 5.74) is 0.963. The molecule has 0 spiro atoms. The Kier molecular flexibility index (Phi) is 4.78. The molecule has 6 heteroatoms. The zero-order valence-electron chi connectivity index (χ0n) is 8.33. The van der Waals surface area contributed by atoms with Crippen molar-refractivity contribution >= 4 is 39.9 Å². The van der Waals surface area contributed by atoms with E-state index in [9.17, 15) is 0 Å². The first-order chi connectivity index (χ1) is 8.12. The lowest BCUT2D eigenvalue weighted by Gasteiger charge is -2.07. The van der Waals surface area contributed by atoms with E-state index in [-0.39, 0.29) is 5.57 Å². The van der Waals surface area contributed by atoms with Gasteiger partial charge in [-0.1, -0.05) is 11.6 Å². The fraction of sp³-hybridized carbons (Fsp3) is 0. The molecule has 4 nitrogen and oxygen atoms in total. The number of rotatable bonds is 2. The Hall–Kier alpha value is -1.75. The minimum absolute atomic E-state index is 0.0544. The number of nitrogens with one attached hydrogen (secondary N) is 1. The van der Waals surface area contributed by atoms with E-state index in [1.807, 2.05) is 28.7 Å². The lowest BCUT2D eigenvalue weighted by atomic mass is 10.2. The van der Waals surface area contributed by atoms with E-state index in [1.165, 1.54) is 12.3 Å². The van der Waals surface area contributed by atoms with E-state index in [0.29, 0.717) is 16.3 Å². The molecule has 1 rings (SSSR count). The quantitative estimate of drug-likeness (QED) is 0.653. The maximum Gasteiger partial charge on any atom is 0.145 e. The number of nitrogens with zero attached hydrogens (tertiary/aromatic N) is 3. The van der Waals surface area contributed by atoms with Crippen LogP contribution >= 0.6 is 34.2 Å². The minimum atomic E-state index is -0.0544. The highest BCUT2D eigenvalue weighted by molar-refractivity contribution is 14.1. The molecule has 82 valence electrons. The highest BCUT2D eigenvalue weighted by Crippen LogP contribution is 2.29. The second kappa shape index (κ2) is 6.10. The van der Waals surface area contributed by atoms with Gasteiger partial charge in [-0.25, -0.2) is 0 Å². The molecule has 0 amide bonds. The molecule has 1 N–H and O–H groups in total. The maximum atomic E-state index is 8.74. The standard InChI is InChI=1S/C11H4ClIN4/c12-9-1-7(3-14)2-10(13)11(9)17-6-8(4-15)5-16/h1-2,6,17H. The Morgan fingerprint density at radius 2 is 1.94 bits per heavy atom. The Bertz CT molecular complexity index is 562. The van der Waals surface area contributed by atoms with Gasteiger partial charge >= 0.3 is 0 Å². The topological polar surface area (TPSA) is 83.4 Å². The SMILES string of the molecule is N#CC(C#N)=CNc1c(Cl)cc(C#N)cc1I. The maximum absolute atomic E-state index is 8.74. The fourth-order valence-electron chi connectivity index (χ4n) is 1.01. The Morgan fingerprint density at radius 1 is 1.29 bits per heavy atom. The van der Waals surface area contributed by atoms with Crippen molar-refractivity contribution in [2.45, 2.75) is 0 Å². The number of anilines is 1. The summed E-state index contributed by atoms with van der Waals surface area (Å²) < 4.78 is 0.734. The number of halogens is 2. The average Bonchev–Trinajstić information content (AvgIpc) is 2.32. The summed E-state index contributed by atoms with van der Waals surface area (Å²) in [7, 11) is 0. The predicted octanol–water partition coefficient (Wildman–Crippen LogP) is 3.16. The van der Waals surface area contributed by atoms with Crippen molar-refractivity contribution in [3.63, 3.8) is 0 Å². The summed E-state index contributed by atoms with van der Waals surface area (Å²) in [4.78, 5) is 0. The Morgan fingerprint density at radius 3 is 2.41 bits per heavy atom. The van der Waals surface area contributed by atoms with Crippen LogP contribution < -0.4 is 5.32 Å². The van der Waals surface area contributed by atoms with Gasteiger partial charge in [0.25, 0.3) is 0 Å². The van der Waals surface area contributed by atoms with Gasteiger partial charge in [0.05, 0.1) is 22.3 Å². The molecule has 1 aromatic carbocycles. The molecule has 0 saturated heterocycles. The first-order valence-corrected chi connectivity index (χ1v) is 5.74. The normalized spacial score (nSPS) is 8.41. The van der Waals surface area contributed by atoms with Crippen LogP contribution in [0.3, 0.4) is 0 Å². The van der Waals surface area contributed by atoms with Gasteiger partial charge in [-0.05, 0) is 34.7 Å². The lowest BCUT2D eigenvalue weighted by Crippen LogP contribution is -1.95. The van der Waals surface area contributed by atoms with Gasteiger partial charge in [-0.3, -0.25) is 0 Å². The number of hydrogen-bond donors (Lipinski definition) is 1. The van der Waals surface area contributed by atoms with Gasteiger partial charge in [0.1, 0.15) is 17.7 Å². The van der Waals surface area contributed by atoms with Gasteiger partial charge < -0.3 is 5.32 Å². The largest absolute Gasteiger partial charge is 0.358 e. The highest BCUT2D eigenvalue weighted by atomic mass is 127. The molecular formula is C11H4ClIN4. The molecule has 0 aliphatic heterocycles. The molecule has 0 radical (unpaired) electrons. The lowest BCUT2D eigenvalue weighted by molar-refractivity contribution is 1.43. The number of benzene rings is 1. The molecule has 0 aliphatic rings. The van der Waals surface area contributed by atoms with Crippen LogP contribution in [0.4, 0.5) is 5.69 Å². The van der Waals surface area contributed by atoms with Crippen LogP contribution in [0.5, 0.6) is 0 Å². The smallest absolute Gasteiger partial charge is 0.145 e. The molecule has 0 saturated carbocycles. The van der Waals surface area contributed by atoms with Crippen molar-refractivity contribution in [1.29, 1.82) is 15.8 Å². The Labute approximate surface area is 117 Å². The van der Waals surface area contributed by atoms with Crippen molar-refractivity contribution < 1.29 is 0 Å². The monoisotopic (exact) mass is 354 g/mol. The van der Waals surface area contributed by atoms with Crippen LogP contribution in [-0.4, -0.2) is 0 Å². The summed E-state index contributed by atoms with van der Waals surface area (Å²) in [5.74, 6) is 0. The first kappa shape index (κ1) is 13.3. The van der Waals surface area contributed by atoms with Crippen molar-refractivity contribution in [3.8, 4) is 18.2 Å². The summed E-state index contributed by atoms with van der Waals surface area (Å²) >= 11 is 7.98. The van der Waals surface area contributed by atoms with E-state index < -0.39 is 0 Å². The molecule has 0 unspecified atom stereocenters. The van der Waals surface area contributed by atoms with Crippen LogP contribution in [-0.2, 0) is 0 Å². The molecule has 0 aliphatic carbocycles. The fourth-order valence-corrected chi connectivity index (χ4v) is 2.22. The van der Waals surface area contributed by atoms with E-state index in [2.05, 4.69) is 5.32 Å². The molecule has 0 fully saturated rings. The van der Waals surface area contributed by atoms with E-state index in [1.54, 1.807) is 18.2 Å². The molecule has 0 heterocycles. The summed E-state index contributed by atoms with van der Waals surface area (Å²) in [6.07, 6.45) is 1.27. The van der Waals surface area contributed by atoms with E-state index in [0.717, 1.165) is 3.57 Å². The second-order valence-electron chi connectivity index (χ2n) is 2.85. The summed E-state index contributed by atoms with van der Waals surface area (Å²) in [5, 5.41) is 29.0. The third-order valence-electron chi connectivity index (χ3n) is 1.77. The van der Waals surface area contributed by atoms with Crippen LogP contribution in [0.25, 0.3) is 0 Å². The molecule has 0 atom stereocenters. The predicted molar refractivity (Wildman–Crippen MR) is 71.8 cm³/mol. The third-order valence-corrected chi connectivity index (χ3v) is 2.92. The van der Waals surface area contributed by atoms with Crippen LogP contribution in [0, 0.1) is 37.6 Å². The highest BCUT2D eigenvalue weighted by Gasteiger charge is 2.06. The Balaban J connectivity index is 3.11. The van der Waals surface area contributed by atoms with Crippen molar-refractivity contribution in [3.05, 3.63) is 38.1 Å². The third kappa shape index (κ3) is 3.35. The zero-order valence-corrected chi connectivity index (χ0v) is 11.2. The van der Waals surface area contributed by atoms with Gasteiger partial charge in [0.15, 0.2) is 0 Å². The number of nitriles is 3. The average molecular weight is 355 g/mol. The molecule has 17 heavy (non-hydrogen) atoms. The van der Waals surface area contributed by atoms with Gasteiger partial charge in [0.2, 0.25) is 0 Å². The van der Waals surface area contributed by atoms with Crippen LogP contribution in [0.2, 0.25) is 5.02 Å². The number of hydrogen-bond acceptors (Lipinski definition) is 4. The molecular weight excluding hydrogens is 351 g/mol. The van der Waals surface area contributed by atoms with Gasteiger partial charge in [-0.2, -0.15) is 15.8 Å². The molecule has 0 bridgehead atoms. The minimum Gasteiger partial charge on any atom is -0.358 e. The van der Waals surface area contributed by atoms with E-state index >= 15 is 0 Å². The van der Waals surface area contributed by atoms with Crippen molar-refractivity contribution in [2.75, 3.05) is 5.32 Å². The summed E-state index contributed by atoms with van der Waals surface area (Å²) in [6.45, 7) is 0.